The van der Waals surface area contributed by atoms with Crippen molar-refractivity contribution in [2.24, 2.45) is 22.8 Å². The van der Waals surface area contributed by atoms with E-state index in [1.165, 1.54) is 12.8 Å². The second-order valence-corrected chi connectivity index (χ2v) is 6.47. The first-order valence-corrected chi connectivity index (χ1v) is 6.48. The van der Waals surface area contributed by atoms with E-state index in [0.29, 0.717) is 5.41 Å². The normalized spacial score (nSPS) is 21.4. The third-order valence-electron chi connectivity index (χ3n) is 4.48. The summed E-state index contributed by atoms with van der Waals surface area (Å²) in [6.07, 6.45) is 2.52. The second-order valence-electron chi connectivity index (χ2n) is 6.47. The lowest BCUT2D eigenvalue weighted by Crippen LogP contribution is -2.53. The van der Waals surface area contributed by atoms with E-state index in [2.05, 4.69) is 32.6 Å². The van der Waals surface area contributed by atoms with Gasteiger partial charge in [-0.1, -0.05) is 13.8 Å². The van der Waals surface area contributed by atoms with Crippen LogP contribution < -0.4 is 11.5 Å². The number of piperidine rings is 1. The van der Waals surface area contributed by atoms with Crippen LogP contribution in [0.2, 0.25) is 0 Å². The van der Waals surface area contributed by atoms with E-state index in [9.17, 15) is 0 Å². The summed E-state index contributed by atoms with van der Waals surface area (Å²) in [7, 11) is 0. The fraction of sp³-hybridized carbons (Fsp3) is 1.00. The van der Waals surface area contributed by atoms with Crippen LogP contribution in [-0.2, 0) is 0 Å². The number of nitrogens with zero attached hydrogens (tertiary/aromatic N) is 1. The molecule has 0 unspecified atom stereocenters. The van der Waals surface area contributed by atoms with E-state index in [4.69, 9.17) is 11.5 Å². The lowest BCUT2D eigenvalue weighted by Gasteiger charge is -2.46. The van der Waals surface area contributed by atoms with Crippen molar-refractivity contribution in [3.05, 3.63) is 0 Å². The van der Waals surface area contributed by atoms with Gasteiger partial charge in [-0.2, -0.15) is 0 Å². The van der Waals surface area contributed by atoms with Gasteiger partial charge < -0.3 is 11.5 Å². The summed E-state index contributed by atoms with van der Waals surface area (Å²) in [4.78, 5) is 2.52. The SMILES string of the molecule is CC(C)(CN)C1CCN(C(C)(C)CN)CC1. The smallest absolute Gasteiger partial charge is 0.0275 e. The van der Waals surface area contributed by atoms with Crippen molar-refractivity contribution in [2.75, 3.05) is 26.2 Å². The summed E-state index contributed by atoms with van der Waals surface area (Å²) < 4.78 is 0. The summed E-state index contributed by atoms with van der Waals surface area (Å²) in [5.74, 6) is 0.766. The first-order chi connectivity index (χ1) is 7.33. The number of hydrogen-bond donors (Lipinski definition) is 2. The second kappa shape index (κ2) is 5.03. The van der Waals surface area contributed by atoms with Gasteiger partial charge in [0.25, 0.3) is 0 Å². The lowest BCUT2D eigenvalue weighted by molar-refractivity contribution is 0.0454. The molecule has 0 atom stereocenters. The Hall–Kier alpha value is -0.120. The summed E-state index contributed by atoms with van der Waals surface area (Å²) in [6, 6.07) is 0. The van der Waals surface area contributed by atoms with E-state index < -0.39 is 0 Å². The topological polar surface area (TPSA) is 55.3 Å². The van der Waals surface area contributed by atoms with Gasteiger partial charge in [0.05, 0.1) is 0 Å². The van der Waals surface area contributed by atoms with Crippen LogP contribution in [0.5, 0.6) is 0 Å². The summed E-state index contributed by atoms with van der Waals surface area (Å²) in [6.45, 7) is 12.9. The van der Waals surface area contributed by atoms with Gasteiger partial charge in [-0.05, 0) is 57.7 Å². The predicted molar refractivity (Wildman–Crippen MR) is 70.3 cm³/mol. The molecule has 0 spiro atoms. The summed E-state index contributed by atoms with van der Waals surface area (Å²) in [5.41, 5.74) is 12.1. The lowest BCUT2D eigenvalue weighted by atomic mass is 9.73. The number of nitrogens with two attached hydrogens (primary N) is 2. The maximum atomic E-state index is 5.85. The van der Waals surface area contributed by atoms with Crippen LogP contribution in [0, 0.1) is 11.3 Å². The Morgan fingerprint density at radius 3 is 1.88 bits per heavy atom. The Bertz CT molecular complexity index is 191. The number of rotatable bonds is 4. The molecule has 0 aromatic carbocycles. The first kappa shape index (κ1) is 13.9. The number of likely N-dealkylation sites (tertiary alicyclic amines) is 1. The Morgan fingerprint density at radius 2 is 1.50 bits per heavy atom. The molecule has 4 N–H and O–H groups in total. The van der Waals surface area contributed by atoms with Crippen molar-refractivity contribution in [2.45, 2.75) is 46.1 Å². The first-order valence-electron chi connectivity index (χ1n) is 6.48. The van der Waals surface area contributed by atoms with Gasteiger partial charge in [-0.15, -0.1) is 0 Å². The largest absolute Gasteiger partial charge is 0.330 e. The molecule has 1 aliphatic rings. The van der Waals surface area contributed by atoms with E-state index in [1.54, 1.807) is 0 Å². The van der Waals surface area contributed by atoms with Crippen LogP contribution >= 0.6 is 0 Å². The highest BCUT2D eigenvalue weighted by atomic mass is 15.2. The molecular formula is C13H29N3. The molecule has 1 fully saturated rings. The molecule has 0 aromatic rings. The highest BCUT2D eigenvalue weighted by Gasteiger charge is 2.35. The van der Waals surface area contributed by atoms with E-state index >= 15 is 0 Å². The zero-order valence-corrected chi connectivity index (χ0v) is 11.4. The molecule has 1 aliphatic heterocycles. The molecule has 3 nitrogen and oxygen atoms in total. The van der Waals surface area contributed by atoms with Crippen LogP contribution in [0.1, 0.15) is 40.5 Å². The molecule has 0 saturated carbocycles. The van der Waals surface area contributed by atoms with Crippen molar-refractivity contribution >= 4 is 0 Å². The Morgan fingerprint density at radius 1 is 1.00 bits per heavy atom. The van der Waals surface area contributed by atoms with Crippen LogP contribution in [0.25, 0.3) is 0 Å². The van der Waals surface area contributed by atoms with Gasteiger partial charge in [0.1, 0.15) is 0 Å². The van der Waals surface area contributed by atoms with Gasteiger partial charge in [-0.3, -0.25) is 4.90 Å². The summed E-state index contributed by atoms with van der Waals surface area (Å²) >= 11 is 0. The molecule has 0 aliphatic carbocycles. The van der Waals surface area contributed by atoms with Crippen molar-refractivity contribution in [3.63, 3.8) is 0 Å². The minimum Gasteiger partial charge on any atom is -0.330 e. The maximum Gasteiger partial charge on any atom is 0.0275 e. The monoisotopic (exact) mass is 227 g/mol. The Labute approximate surface area is 101 Å². The van der Waals surface area contributed by atoms with Crippen molar-refractivity contribution < 1.29 is 0 Å². The molecule has 96 valence electrons. The molecule has 16 heavy (non-hydrogen) atoms. The van der Waals surface area contributed by atoms with Crippen molar-refractivity contribution in [1.82, 2.24) is 4.90 Å². The van der Waals surface area contributed by atoms with Gasteiger partial charge >= 0.3 is 0 Å². The third-order valence-corrected chi connectivity index (χ3v) is 4.48. The molecular weight excluding hydrogens is 198 g/mol. The van der Waals surface area contributed by atoms with Crippen molar-refractivity contribution in [3.8, 4) is 0 Å². The number of hydrogen-bond acceptors (Lipinski definition) is 3. The minimum absolute atomic E-state index is 0.151. The zero-order valence-electron chi connectivity index (χ0n) is 11.4. The standard InChI is InChI=1S/C13H29N3/c1-12(2,9-14)11-5-7-16(8-6-11)13(3,4)10-15/h11H,5-10,14-15H2,1-4H3. The van der Waals surface area contributed by atoms with E-state index in [0.717, 1.165) is 32.1 Å². The quantitative estimate of drug-likeness (QED) is 0.764. The molecule has 1 rings (SSSR count). The predicted octanol–water partition coefficient (Wildman–Crippen LogP) is 1.42. The van der Waals surface area contributed by atoms with E-state index in [-0.39, 0.29) is 5.54 Å². The molecule has 0 amide bonds. The van der Waals surface area contributed by atoms with Crippen LogP contribution in [0.15, 0.2) is 0 Å². The summed E-state index contributed by atoms with van der Waals surface area (Å²) in [5, 5.41) is 0. The molecule has 3 heteroatoms. The van der Waals surface area contributed by atoms with Crippen molar-refractivity contribution in [1.29, 1.82) is 0 Å². The third kappa shape index (κ3) is 2.96. The molecule has 1 heterocycles. The van der Waals surface area contributed by atoms with Gasteiger partial charge in [0, 0.05) is 12.1 Å². The van der Waals surface area contributed by atoms with Crippen LogP contribution in [0.4, 0.5) is 0 Å². The minimum atomic E-state index is 0.151. The maximum absolute atomic E-state index is 5.85. The highest BCUT2D eigenvalue weighted by Crippen LogP contribution is 2.35. The van der Waals surface area contributed by atoms with Crippen LogP contribution in [-0.4, -0.2) is 36.6 Å². The van der Waals surface area contributed by atoms with E-state index in [1.807, 2.05) is 0 Å². The van der Waals surface area contributed by atoms with Crippen LogP contribution in [0.3, 0.4) is 0 Å². The highest BCUT2D eigenvalue weighted by molar-refractivity contribution is 4.90. The van der Waals surface area contributed by atoms with Gasteiger partial charge in [0.2, 0.25) is 0 Å². The zero-order chi connectivity index (χ0) is 12.4. The average Bonchev–Trinajstić information content (AvgIpc) is 2.29. The van der Waals surface area contributed by atoms with Gasteiger partial charge in [0.15, 0.2) is 0 Å². The van der Waals surface area contributed by atoms with Gasteiger partial charge in [-0.25, -0.2) is 0 Å². The Balaban J connectivity index is 2.52. The fourth-order valence-corrected chi connectivity index (χ4v) is 2.56. The molecule has 0 radical (unpaired) electrons. The average molecular weight is 227 g/mol. The molecule has 1 saturated heterocycles. The molecule has 0 bridgehead atoms. The fourth-order valence-electron chi connectivity index (χ4n) is 2.56. The Kier molecular flexibility index (Phi) is 4.38. The molecule has 0 aromatic heterocycles.